The van der Waals surface area contributed by atoms with Crippen LogP contribution in [0.4, 0.5) is 11.6 Å². The normalized spacial score (nSPS) is 14.8. The van der Waals surface area contributed by atoms with Crippen molar-refractivity contribution < 1.29 is 4.79 Å². The summed E-state index contributed by atoms with van der Waals surface area (Å²) < 4.78 is 2.10. The molecule has 7 nitrogen and oxygen atoms in total. The molecule has 1 fully saturated rings. The first-order valence-electron chi connectivity index (χ1n) is 11.1. The van der Waals surface area contributed by atoms with Gasteiger partial charge in [-0.15, -0.1) is 0 Å². The third-order valence-corrected chi connectivity index (χ3v) is 6.43. The first kappa shape index (κ1) is 20.2. The lowest BCUT2D eigenvalue weighted by molar-refractivity contribution is 0.102. The number of fused-ring (bicyclic) bond motifs is 1. The third-order valence-electron chi connectivity index (χ3n) is 6.43. The van der Waals surface area contributed by atoms with Gasteiger partial charge in [0.2, 0.25) is 0 Å². The Bertz CT molecular complexity index is 1240. The summed E-state index contributed by atoms with van der Waals surface area (Å²) in [6, 6.07) is 12.8. The number of nitrogens with two attached hydrogens (primary N) is 1. The van der Waals surface area contributed by atoms with E-state index in [2.05, 4.69) is 26.6 Å². The van der Waals surface area contributed by atoms with Crippen LogP contribution in [0.1, 0.15) is 54.7 Å². The van der Waals surface area contributed by atoms with Crippen molar-refractivity contribution in [2.45, 2.75) is 38.5 Å². The van der Waals surface area contributed by atoms with Crippen LogP contribution in [0, 0.1) is 5.92 Å². The Balaban J connectivity index is 1.50. The second-order valence-corrected chi connectivity index (χ2v) is 8.30. The maximum atomic E-state index is 12.6. The lowest BCUT2D eigenvalue weighted by Crippen LogP contribution is -2.21. The molecule has 0 spiro atoms. The second-order valence-electron chi connectivity index (χ2n) is 8.30. The number of benzene rings is 1. The zero-order chi connectivity index (χ0) is 22.1. The van der Waals surface area contributed by atoms with Crippen molar-refractivity contribution in [3.05, 3.63) is 72.4 Å². The maximum absolute atomic E-state index is 12.6. The number of nitrogens with one attached hydrogen (secondary N) is 1. The highest BCUT2D eigenvalue weighted by atomic mass is 16.1. The molecule has 7 heteroatoms. The van der Waals surface area contributed by atoms with Crippen LogP contribution in [-0.4, -0.2) is 25.3 Å². The van der Waals surface area contributed by atoms with Crippen molar-refractivity contribution in [1.82, 2.24) is 19.4 Å². The van der Waals surface area contributed by atoms with Gasteiger partial charge in [-0.25, -0.2) is 15.0 Å². The zero-order valence-electron chi connectivity index (χ0n) is 18.0. The van der Waals surface area contributed by atoms with Gasteiger partial charge in [-0.2, -0.15) is 0 Å². The van der Waals surface area contributed by atoms with Crippen LogP contribution >= 0.6 is 0 Å². The molecular weight excluding hydrogens is 400 g/mol. The van der Waals surface area contributed by atoms with E-state index in [1.807, 2.05) is 30.5 Å². The number of amides is 1. The molecule has 32 heavy (non-hydrogen) atoms. The van der Waals surface area contributed by atoms with Gasteiger partial charge < -0.3 is 11.1 Å². The van der Waals surface area contributed by atoms with Crippen molar-refractivity contribution >= 4 is 23.1 Å². The fraction of sp³-hybridized carbons (Fsp3) is 0.280. The number of nitrogen functional groups attached to an aromatic ring is 1. The number of aromatic nitrogens is 4. The Morgan fingerprint density at radius 3 is 2.62 bits per heavy atom. The van der Waals surface area contributed by atoms with Crippen LogP contribution < -0.4 is 11.1 Å². The van der Waals surface area contributed by atoms with E-state index in [9.17, 15) is 4.79 Å². The lowest BCUT2D eigenvalue weighted by atomic mass is 9.74. The first-order chi connectivity index (χ1) is 15.7. The highest BCUT2D eigenvalue weighted by Gasteiger charge is 2.31. The van der Waals surface area contributed by atoms with E-state index < -0.39 is 0 Å². The molecule has 1 saturated carbocycles. The largest absolute Gasteiger partial charge is 0.382 e. The number of hydrogen-bond donors (Lipinski definition) is 2. The van der Waals surface area contributed by atoms with E-state index >= 15 is 0 Å². The van der Waals surface area contributed by atoms with E-state index in [0.717, 1.165) is 29.0 Å². The van der Waals surface area contributed by atoms with Crippen molar-refractivity contribution in [2.24, 2.45) is 5.92 Å². The van der Waals surface area contributed by atoms with Crippen molar-refractivity contribution in [3.8, 4) is 11.3 Å². The number of pyridine rings is 1. The minimum Gasteiger partial charge on any atom is -0.382 e. The number of nitrogens with zero attached hydrogens (tertiary/aromatic N) is 4. The van der Waals surface area contributed by atoms with E-state index in [-0.39, 0.29) is 5.91 Å². The molecule has 3 aromatic heterocycles. The van der Waals surface area contributed by atoms with Crippen molar-refractivity contribution in [3.63, 3.8) is 0 Å². The van der Waals surface area contributed by atoms with Gasteiger partial charge in [0.05, 0.1) is 0 Å². The molecule has 4 aromatic rings. The van der Waals surface area contributed by atoms with Crippen molar-refractivity contribution in [2.75, 3.05) is 11.1 Å². The van der Waals surface area contributed by atoms with Crippen LogP contribution in [0.3, 0.4) is 0 Å². The average Bonchev–Trinajstić information content (AvgIpc) is 3.17. The minimum atomic E-state index is -0.206. The number of hydrogen-bond acceptors (Lipinski definition) is 5. The van der Waals surface area contributed by atoms with Gasteiger partial charge in [0, 0.05) is 35.6 Å². The molecule has 3 N–H and O–H groups in total. The van der Waals surface area contributed by atoms with E-state index in [1.54, 1.807) is 30.6 Å². The number of anilines is 2. The molecule has 162 valence electrons. The summed E-state index contributed by atoms with van der Waals surface area (Å²) in [5.41, 5.74) is 9.38. The Morgan fingerprint density at radius 1 is 1.16 bits per heavy atom. The Hall–Kier alpha value is -3.74. The summed E-state index contributed by atoms with van der Waals surface area (Å²) in [7, 11) is 0. The molecule has 1 unspecified atom stereocenters. The predicted molar refractivity (Wildman–Crippen MR) is 125 cm³/mol. The van der Waals surface area contributed by atoms with Crippen LogP contribution in [-0.2, 0) is 0 Å². The molecule has 1 aromatic carbocycles. The van der Waals surface area contributed by atoms with Gasteiger partial charge in [-0.1, -0.05) is 31.5 Å². The molecule has 1 amide bonds. The summed E-state index contributed by atoms with van der Waals surface area (Å²) in [6.07, 6.45) is 10.2. The molecular formula is C25H26N6O. The number of carbonyl (C=O) groups excluding carboxylic acids is 1. The standard InChI is InChI=1S/C25H26N6O/c1-2-19(16-6-5-7-16)24-30-21(22-23(26)28-14-15-31(22)24)17-9-11-18(12-10-17)25(32)29-20-8-3-4-13-27-20/h3-4,8-16,19H,2,5-7H2,1H3,(H2,26,28)(H,27,29,32). The van der Waals surface area contributed by atoms with Crippen LogP contribution in [0.25, 0.3) is 16.8 Å². The monoisotopic (exact) mass is 426 g/mol. The zero-order valence-corrected chi connectivity index (χ0v) is 18.0. The summed E-state index contributed by atoms with van der Waals surface area (Å²) in [6.45, 7) is 2.23. The highest BCUT2D eigenvalue weighted by molar-refractivity contribution is 6.04. The smallest absolute Gasteiger partial charge is 0.256 e. The number of rotatable bonds is 6. The maximum Gasteiger partial charge on any atom is 0.256 e. The van der Waals surface area contributed by atoms with Crippen LogP contribution in [0.15, 0.2) is 61.1 Å². The van der Waals surface area contributed by atoms with Gasteiger partial charge in [0.25, 0.3) is 5.91 Å². The van der Waals surface area contributed by atoms with Gasteiger partial charge in [0.15, 0.2) is 0 Å². The van der Waals surface area contributed by atoms with Gasteiger partial charge in [-0.3, -0.25) is 9.20 Å². The first-order valence-corrected chi connectivity index (χ1v) is 11.1. The highest BCUT2D eigenvalue weighted by Crippen LogP contribution is 2.42. The third kappa shape index (κ3) is 3.60. The summed E-state index contributed by atoms with van der Waals surface area (Å²) >= 11 is 0. The fourth-order valence-electron chi connectivity index (χ4n) is 4.52. The minimum absolute atomic E-state index is 0.206. The molecule has 3 heterocycles. The molecule has 0 radical (unpaired) electrons. The molecule has 1 atom stereocenters. The molecule has 0 aliphatic heterocycles. The van der Waals surface area contributed by atoms with Crippen LogP contribution in [0.5, 0.6) is 0 Å². The average molecular weight is 427 g/mol. The summed E-state index contributed by atoms with van der Waals surface area (Å²) in [4.78, 5) is 26.1. The molecule has 5 rings (SSSR count). The molecule has 1 aliphatic rings. The van der Waals surface area contributed by atoms with Crippen molar-refractivity contribution in [1.29, 1.82) is 0 Å². The quantitative estimate of drug-likeness (QED) is 0.456. The van der Waals surface area contributed by atoms with E-state index in [4.69, 9.17) is 10.7 Å². The number of imidazole rings is 1. The summed E-state index contributed by atoms with van der Waals surface area (Å²) in [5, 5.41) is 2.81. The number of carbonyl (C=O) groups is 1. The van der Waals surface area contributed by atoms with E-state index in [1.165, 1.54) is 19.3 Å². The fourth-order valence-corrected chi connectivity index (χ4v) is 4.52. The lowest BCUT2D eigenvalue weighted by Gasteiger charge is -2.32. The second kappa shape index (κ2) is 8.42. The van der Waals surface area contributed by atoms with Gasteiger partial charge in [-0.05, 0) is 49.4 Å². The summed E-state index contributed by atoms with van der Waals surface area (Å²) in [5.74, 6) is 2.89. The topological polar surface area (TPSA) is 98.2 Å². The molecule has 0 saturated heterocycles. The predicted octanol–water partition coefficient (Wildman–Crippen LogP) is 4.92. The molecule has 0 bridgehead atoms. The Morgan fingerprint density at radius 2 is 1.97 bits per heavy atom. The van der Waals surface area contributed by atoms with Gasteiger partial charge in [0.1, 0.15) is 28.7 Å². The SMILES string of the molecule is CCC(c1nc(-c2ccc(C(=O)Nc3ccccn3)cc2)c2c(N)nccn12)C1CCC1. The van der Waals surface area contributed by atoms with Crippen LogP contribution in [0.2, 0.25) is 0 Å². The Kier molecular flexibility index (Phi) is 5.31. The van der Waals surface area contributed by atoms with E-state index in [0.29, 0.717) is 29.0 Å². The van der Waals surface area contributed by atoms with Gasteiger partial charge >= 0.3 is 0 Å². The Labute approximate surface area is 186 Å². The molecule has 1 aliphatic carbocycles.